The van der Waals surface area contributed by atoms with Crippen LogP contribution >= 0.6 is 23.2 Å². The highest BCUT2D eigenvalue weighted by molar-refractivity contribution is 6.43. The van der Waals surface area contributed by atoms with Crippen LogP contribution in [0.2, 0.25) is 10.0 Å². The molecule has 2 rings (SSSR count). The van der Waals surface area contributed by atoms with Gasteiger partial charge >= 0.3 is 0 Å². The molecule has 0 saturated carbocycles. The lowest BCUT2D eigenvalue weighted by Crippen LogP contribution is -2.20. The molecule has 1 heterocycles. The third-order valence-corrected chi connectivity index (χ3v) is 3.18. The second-order valence-electron chi connectivity index (χ2n) is 3.59. The zero-order valence-corrected chi connectivity index (χ0v) is 8.91. The summed E-state index contributed by atoms with van der Waals surface area (Å²) in [7, 11) is 0. The highest BCUT2D eigenvalue weighted by atomic mass is 35.5. The maximum atomic E-state index is 6.06. The SMILES string of the molecule is CC1CNc2c(ccc(Cl)c2Cl)C1. The van der Waals surface area contributed by atoms with E-state index in [4.69, 9.17) is 23.2 Å². The standard InChI is InChI=1S/C10H11Cl2N/c1-6-4-7-2-3-8(11)9(12)10(7)13-5-6/h2-3,6,13H,4-5H2,1H3. The Bertz CT molecular complexity index is 336. The maximum absolute atomic E-state index is 6.06. The first kappa shape index (κ1) is 9.17. The smallest absolute Gasteiger partial charge is 0.0826 e. The van der Waals surface area contributed by atoms with Crippen molar-refractivity contribution in [2.24, 2.45) is 5.92 Å². The minimum atomic E-state index is 0.627. The van der Waals surface area contributed by atoms with E-state index in [1.54, 1.807) is 0 Å². The Labute approximate surface area is 88.0 Å². The third-order valence-electron chi connectivity index (χ3n) is 2.38. The summed E-state index contributed by atoms with van der Waals surface area (Å²) < 4.78 is 0. The Hall–Kier alpha value is -0.400. The number of halogens is 2. The van der Waals surface area contributed by atoms with Gasteiger partial charge in [0.1, 0.15) is 0 Å². The number of rotatable bonds is 0. The van der Waals surface area contributed by atoms with Crippen LogP contribution in [0, 0.1) is 5.92 Å². The van der Waals surface area contributed by atoms with Crippen molar-refractivity contribution in [3.8, 4) is 0 Å². The molecule has 1 unspecified atom stereocenters. The van der Waals surface area contributed by atoms with Crippen molar-refractivity contribution in [1.29, 1.82) is 0 Å². The molecule has 70 valence electrons. The van der Waals surface area contributed by atoms with E-state index < -0.39 is 0 Å². The largest absolute Gasteiger partial charge is 0.383 e. The lowest BCUT2D eigenvalue weighted by atomic mass is 9.96. The van der Waals surface area contributed by atoms with Gasteiger partial charge in [0.05, 0.1) is 15.7 Å². The molecule has 1 nitrogen and oxygen atoms in total. The Balaban J connectivity index is 2.47. The van der Waals surface area contributed by atoms with E-state index in [1.165, 1.54) is 5.56 Å². The van der Waals surface area contributed by atoms with E-state index in [1.807, 2.05) is 12.1 Å². The van der Waals surface area contributed by atoms with E-state index in [0.717, 1.165) is 18.7 Å². The molecule has 1 aromatic rings. The molecule has 3 heteroatoms. The van der Waals surface area contributed by atoms with Crippen LogP contribution in [0.1, 0.15) is 12.5 Å². The molecule has 0 spiro atoms. The van der Waals surface area contributed by atoms with Gasteiger partial charge in [0.15, 0.2) is 0 Å². The van der Waals surface area contributed by atoms with Crippen molar-refractivity contribution < 1.29 is 0 Å². The lowest BCUT2D eigenvalue weighted by Gasteiger charge is -2.24. The number of anilines is 1. The van der Waals surface area contributed by atoms with Crippen LogP contribution in [-0.4, -0.2) is 6.54 Å². The number of hydrogen-bond acceptors (Lipinski definition) is 1. The molecule has 1 aliphatic heterocycles. The summed E-state index contributed by atoms with van der Waals surface area (Å²) in [6.45, 7) is 3.20. The lowest BCUT2D eigenvalue weighted by molar-refractivity contribution is 0.595. The minimum absolute atomic E-state index is 0.627. The van der Waals surface area contributed by atoms with Gasteiger partial charge < -0.3 is 5.32 Å². The molecule has 1 aromatic carbocycles. The topological polar surface area (TPSA) is 12.0 Å². The molecular formula is C10H11Cl2N. The van der Waals surface area contributed by atoms with Crippen LogP contribution in [-0.2, 0) is 6.42 Å². The fraction of sp³-hybridized carbons (Fsp3) is 0.400. The zero-order valence-electron chi connectivity index (χ0n) is 7.40. The summed E-state index contributed by atoms with van der Waals surface area (Å²) in [4.78, 5) is 0. The fourth-order valence-electron chi connectivity index (χ4n) is 1.68. The van der Waals surface area contributed by atoms with Gasteiger partial charge in [0.2, 0.25) is 0 Å². The summed E-state index contributed by atoms with van der Waals surface area (Å²) in [5.41, 5.74) is 2.29. The van der Waals surface area contributed by atoms with Crippen LogP contribution in [0.3, 0.4) is 0 Å². The van der Waals surface area contributed by atoms with Gasteiger partial charge in [-0.15, -0.1) is 0 Å². The van der Waals surface area contributed by atoms with Crippen LogP contribution in [0.5, 0.6) is 0 Å². The summed E-state index contributed by atoms with van der Waals surface area (Å²) in [5, 5.41) is 4.59. The molecule has 1 atom stereocenters. The summed E-state index contributed by atoms with van der Waals surface area (Å²) in [6, 6.07) is 3.91. The van der Waals surface area contributed by atoms with Gasteiger partial charge in [0, 0.05) is 6.54 Å². The Morgan fingerprint density at radius 3 is 2.92 bits per heavy atom. The fourth-order valence-corrected chi connectivity index (χ4v) is 2.08. The Morgan fingerprint density at radius 1 is 1.38 bits per heavy atom. The highest BCUT2D eigenvalue weighted by Crippen LogP contribution is 2.36. The molecule has 0 saturated heterocycles. The predicted octanol–water partition coefficient (Wildman–Crippen LogP) is 3.60. The molecule has 0 radical (unpaired) electrons. The molecule has 1 aliphatic rings. The molecule has 1 N–H and O–H groups in total. The van der Waals surface area contributed by atoms with E-state index in [9.17, 15) is 0 Å². The first-order chi connectivity index (χ1) is 6.18. The van der Waals surface area contributed by atoms with Crippen molar-refractivity contribution in [3.63, 3.8) is 0 Å². The third kappa shape index (κ3) is 1.63. The minimum Gasteiger partial charge on any atom is -0.383 e. The highest BCUT2D eigenvalue weighted by Gasteiger charge is 2.17. The molecule has 0 fully saturated rings. The Morgan fingerprint density at radius 2 is 2.15 bits per heavy atom. The van der Waals surface area contributed by atoms with Crippen molar-refractivity contribution in [3.05, 3.63) is 27.7 Å². The second kappa shape index (κ2) is 3.39. The van der Waals surface area contributed by atoms with E-state index in [2.05, 4.69) is 12.2 Å². The van der Waals surface area contributed by atoms with Gasteiger partial charge in [0.25, 0.3) is 0 Å². The van der Waals surface area contributed by atoms with Crippen LogP contribution in [0.25, 0.3) is 0 Å². The van der Waals surface area contributed by atoms with E-state index >= 15 is 0 Å². The van der Waals surface area contributed by atoms with Gasteiger partial charge in [-0.2, -0.15) is 0 Å². The summed E-state index contributed by atoms with van der Waals surface area (Å²) >= 11 is 12.0. The molecule has 0 bridgehead atoms. The zero-order chi connectivity index (χ0) is 9.42. The molecule has 13 heavy (non-hydrogen) atoms. The van der Waals surface area contributed by atoms with Crippen LogP contribution in [0.4, 0.5) is 5.69 Å². The number of benzene rings is 1. The maximum Gasteiger partial charge on any atom is 0.0826 e. The first-order valence-electron chi connectivity index (χ1n) is 4.39. The monoisotopic (exact) mass is 215 g/mol. The predicted molar refractivity (Wildman–Crippen MR) is 57.8 cm³/mol. The number of fused-ring (bicyclic) bond motifs is 1. The van der Waals surface area contributed by atoms with Crippen molar-refractivity contribution in [2.75, 3.05) is 11.9 Å². The van der Waals surface area contributed by atoms with Crippen molar-refractivity contribution in [2.45, 2.75) is 13.3 Å². The molecular weight excluding hydrogens is 205 g/mol. The van der Waals surface area contributed by atoms with E-state index in [-0.39, 0.29) is 0 Å². The summed E-state index contributed by atoms with van der Waals surface area (Å²) in [5.74, 6) is 0.671. The molecule has 0 aliphatic carbocycles. The van der Waals surface area contributed by atoms with Gasteiger partial charge in [-0.3, -0.25) is 0 Å². The normalized spacial score (nSPS) is 20.7. The number of hydrogen-bond donors (Lipinski definition) is 1. The van der Waals surface area contributed by atoms with Crippen LogP contribution in [0.15, 0.2) is 12.1 Å². The van der Waals surface area contributed by atoms with E-state index in [0.29, 0.717) is 16.0 Å². The first-order valence-corrected chi connectivity index (χ1v) is 5.15. The van der Waals surface area contributed by atoms with Crippen molar-refractivity contribution in [1.82, 2.24) is 0 Å². The Kier molecular flexibility index (Phi) is 2.39. The molecule has 0 aromatic heterocycles. The van der Waals surface area contributed by atoms with Crippen LogP contribution < -0.4 is 5.32 Å². The average Bonchev–Trinajstić information content (AvgIpc) is 2.12. The molecule has 0 amide bonds. The van der Waals surface area contributed by atoms with Gasteiger partial charge in [-0.1, -0.05) is 36.2 Å². The second-order valence-corrected chi connectivity index (χ2v) is 4.37. The van der Waals surface area contributed by atoms with Crippen molar-refractivity contribution >= 4 is 28.9 Å². The number of nitrogens with one attached hydrogen (secondary N) is 1. The van der Waals surface area contributed by atoms with Gasteiger partial charge in [-0.05, 0) is 24.0 Å². The summed E-state index contributed by atoms with van der Waals surface area (Å²) in [6.07, 6.45) is 1.08. The quantitative estimate of drug-likeness (QED) is 0.698. The average molecular weight is 216 g/mol. The van der Waals surface area contributed by atoms with Gasteiger partial charge in [-0.25, -0.2) is 0 Å².